The molecule has 0 spiro atoms. The number of hydrogen-bond acceptors (Lipinski definition) is 1. The van der Waals surface area contributed by atoms with E-state index in [2.05, 4.69) is 61.5 Å². The molecule has 3 heteroatoms. The number of H-pyrrole nitrogens is 1. The van der Waals surface area contributed by atoms with Gasteiger partial charge in [0.05, 0.1) is 5.69 Å². The average Bonchev–Trinajstić information content (AvgIpc) is 2.71. The van der Waals surface area contributed by atoms with Gasteiger partial charge in [-0.25, -0.2) is 0 Å². The summed E-state index contributed by atoms with van der Waals surface area (Å²) in [6.07, 6.45) is 2.03. The van der Waals surface area contributed by atoms with E-state index >= 15 is 0 Å². The van der Waals surface area contributed by atoms with Crippen molar-refractivity contribution in [1.29, 1.82) is 0 Å². The van der Waals surface area contributed by atoms with E-state index in [0.717, 1.165) is 11.3 Å². The second-order valence-electron chi connectivity index (χ2n) is 6.95. The van der Waals surface area contributed by atoms with Crippen LogP contribution >= 0.6 is 12.2 Å². The number of nitrogens with one attached hydrogen (secondary N) is 1. The zero-order chi connectivity index (χ0) is 14.5. The van der Waals surface area contributed by atoms with E-state index in [9.17, 15) is 0 Å². The number of aromatic nitrogens is 2. The van der Waals surface area contributed by atoms with Gasteiger partial charge in [0.2, 0.25) is 0 Å². The Balaban J connectivity index is 1.96. The summed E-state index contributed by atoms with van der Waals surface area (Å²) in [5.74, 6) is 0.667. The average molecular weight is 286 g/mol. The second-order valence-corrected chi connectivity index (χ2v) is 7.34. The first-order chi connectivity index (χ1) is 9.35. The molecule has 106 valence electrons. The molecule has 1 aromatic carbocycles. The van der Waals surface area contributed by atoms with Gasteiger partial charge in [0.15, 0.2) is 4.77 Å². The van der Waals surface area contributed by atoms with Gasteiger partial charge in [0.25, 0.3) is 0 Å². The van der Waals surface area contributed by atoms with Crippen molar-refractivity contribution in [3.05, 3.63) is 41.3 Å². The number of imidazole rings is 1. The minimum absolute atomic E-state index is 0.382. The molecule has 0 bridgehead atoms. The highest BCUT2D eigenvalue weighted by atomic mass is 32.1. The fourth-order valence-corrected chi connectivity index (χ4v) is 3.63. The maximum atomic E-state index is 5.48. The number of hydrogen-bond donors (Lipinski definition) is 1. The van der Waals surface area contributed by atoms with Crippen molar-refractivity contribution in [1.82, 2.24) is 9.55 Å². The third-order valence-corrected chi connectivity index (χ3v) is 5.96. The van der Waals surface area contributed by atoms with Gasteiger partial charge in [-0.1, -0.05) is 58.0 Å². The molecular weight excluding hydrogens is 264 g/mol. The molecule has 20 heavy (non-hydrogen) atoms. The number of benzene rings is 1. The van der Waals surface area contributed by atoms with Crippen LogP contribution in [0, 0.1) is 21.5 Å². The lowest BCUT2D eigenvalue weighted by atomic mass is 10.0. The Morgan fingerprint density at radius 1 is 1.10 bits per heavy atom. The summed E-state index contributed by atoms with van der Waals surface area (Å²) in [5.41, 5.74) is 3.17. The van der Waals surface area contributed by atoms with E-state index in [1.165, 1.54) is 11.3 Å². The van der Waals surface area contributed by atoms with Crippen LogP contribution in [0.25, 0.3) is 11.3 Å². The van der Waals surface area contributed by atoms with E-state index in [0.29, 0.717) is 16.7 Å². The molecule has 1 aromatic heterocycles. The molecule has 0 amide bonds. The monoisotopic (exact) mass is 286 g/mol. The van der Waals surface area contributed by atoms with Gasteiger partial charge in [-0.15, -0.1) is 0 Å². The van der Waals surface area contributed by atoms with Crippen LogP contribution in [0.3, 0.4) is 0 Å². The Labute approximate surface area is 125 Å². The summed E-state index contributed by atoms with van der Waals surface area (Å²) in [4.78, 5) is 3.20. The second kappa shape index (κ2) is 4.32. The predicted molar refractivity (Wildman–Crippen MR) is 86.1 cm³/mol. The Bertz CT molecular complexity index is 663. The lowest BCUT2D eigenvalue weighted by Crippen LogP contribution is -2.06. The van der Waals surface area contributed by atoms with E-state index in [4.69, 9.17) is 12.2 Å². The lowest BCUT2D eigenvalue weighted by Gasteiger charge is -2.10. The molecule has 1 aliphatic carbocycles. The number of nitrogens with zero attached hydrogens (tertiary/aromatic N) is 1. The quantitative estimate of drug-likeness (QED) is 0.796. The van der Waals surface area contributed by atoms with Crippen LogP contribution in [-0.2, 0) is 6.54 Å². The summed E-state index contributed by atoms with van der Waals surface area (Å²) < 4.78 is 3.08. The first-order valence-corrected chi connectivity index (χ1v) is 7.60. The molecule has 0 unspecified atom stereocenters. The van der Waals surface area contributed by atoms with Gasteiger partial charge in [-0.05, 0) is 34.5 Å². The summed E-state index contributed by atoms with van der Waals surface area (Å²) in [6, 6.07) is 10.5. The molecule has 2 nitrogen and oxygen atoms in total. The van der Waals surface area contributed by atoms with Crippen LogP contribution in [0.15, 0.2) is 36.5 Å². The normalized spacial score (nSPS) is 20.0. The zero-order valence-electron chi connectivity index (χ0n) is 12.6. The Hall–Kier alpha value is -1.35. The first kappa shape index (κ1) is 13.6. The highest BCUT2D eigenvalue weighted by Crippen LogP contribution is 2.68. The van der Waals surface area contributed by atoms with Crippen molar-refractivity contribution < 1.29 is 0 Å². The Kier molecular flexibility index (Phi) is 2.94. The molecule has 3 rings (SSSR count). The van der Waals surface area contributed by atoms with Crippen molar-refractivity contribution in [2.45, 2.75) is 34.2 Å². The third kappa shape index (κ3) is 1.87. The Morgan fingerprint density at radius 2 is 1.70 bits per heavy atom. The van der Waals surface area contributed by atoms with Crippen LogP contribution in [0.5, 0.6) is 0 Å². The summed E-state index contributed by atoms with van der Waals surface area (Å²) in [7, 11) is 0. The third-order valence-electron chi connectivity index (χ3n) is 5.62. The van der Waals surface area contributed by atoms with E-state index in [-0.39, 0.29) is 0 Å². The molecule has 1 aliphatic rings. The highest BCUT2D eigenvalue weighted by Gasteiger charge is 2.64. The topological polar surface area (TPSA) is 20.7 Å². The molecule has 0 aliphatic heterocycles. The van der Waals surface area contributed by atoms with Crippen LogP contribution in [-0.4, -0.2) is 9.55 Å². The van der Waals surface area contributed by atoms with E-state index in [1.807, 2.05) is 12.3 Å². The molecule has 0 atom stereocenters. The summed E-state index contributed by atoms with van der Waals surface area (Å²) in [5, 5.41) is 0. The number of aromatic amines is 1. The molecule has 1 fully saturated rings. The van der Waals surface area contributed by atoms with Crippen molar-refractivity contribution >= 4 is 12.2 Å². The molecule has 2 aromatic rings. The van der Waals surface area contributed by atoms with Gasteiger partial charge in [0.1, 0.15) is 0 Å². The number of rotatable bonds is 3. The van der Waals surface area contributed by atoms with Crippen LogP contribution in [0.1, 0.15) is 27.7 Å². The van der Waals surface area contributed by atoms with Gasteiger partial charge in [-0.2, -0.15) is 0 Å². The molecule has 0 radical (unpaired) electrons. The fourth-order valence-electron chi connectivity index (χ4n) is 3.40. The van der Waals surface area contributed by atoms with Crippen molar-refractivity contribution in [2.75, 3.05) is 0 Å². The minimum Gasteiger partial charge on any atom is -0.337 e. The molecule has 1 N–H and O–H groups in total. The largest absolute Gasteiger partial charge is 0.337 e. The summed E-state index contributed by atoms with van der Waals surface area (Å²) in [6.45, 7) is 10.4. The van der Waals surface area contributed by atoms with Crippen molar-refractivity contribution in [2.24, 2.45) is 16.7 Å². The highest BCUT2D eigenvalue weighted by molar-refractivity contribution is 7.71. The lowest BCUT2D eigenvalue weighted by molar-refractivity contribution is 0.457. The predicted octanol–water partition coefficient (Wildman–Crippen LogP) is 4.89. The zero-order valence-corrected chi connectivity index (χ0v) is 13.4. The molecular formula is C17H22N2S. The maximum Gasteiger partial charge on any atom is 0.177 e. The van der Waals surface area contributed by atoms with Gasteiger partial charge in [-0.3, -0.25) is 0 Å². The minimum atomic E-state index is 0.382. The van der Waals surface area contributed by atoms with Crippen molar-refractivity contribution in [3.63, 3.8) is 0 Å². The SMILES string of the molecule is CC1(C)C(Cn2c(-c3ccccc3)c[nH]c2=S)C1(C)C. The standard InChI is InChI=1S/C17H22N2S/c1-16(2)14(17(16,3)4)11-19-13(10-18-15(19)20)12-8-6-5-7-9-12/h5-10,14H,11H2,1-4H3,(H,18,20). The Morgan fingerprint density at radius 3 is 2.25 bits per heavy atom. The smallest absolute Gasteiger partial charge is 0.177 e. The van der Waals surface area contributed by atoms with Gasteiger partial charge < -0.3 is 9.55 Å². The van der Waals surface area contributed by atoms with Crippen molar-refractivity contribution in [3.8, 4) is 11.3 Å². The van der Waals surface area contributed by atoms with Gasteiger partial charge >= 0.3 is 0 Å². The van der Waals surface area contributed by atoms with Gasteiger partial charge in [0, 0.05) is 12.7 Å². The van der Waals surface area contributed by atoms with Crippen LogP contribution < -0.4 is 0 Å². The summed E-state index contributed by atoms with van der Waals surface area (Å²) >= 11 is 5.48. The first-order valence-electron chi connectivity index (χ1n) is 7.19. The maximum absolute atomic E-state index is 5.48. The fraction of sp³-hybridized carbons (Fsp3) is 0.471. The van der Waals surface area contributed by atoms with Crippen LogP contribution in [0.2, 0.25) is 0 Å². The molecule has 1 heterocycles. The molecule has 0 saturated heterocycles. The van der Waals surface area contributed by atoms with Crippen LogP contribution in [0.4, 0.5) is 0 Å². The van der Waals surface area contributed by atoms with E-state index < -0.39 is 0 Å². The molecule has 1 saturated carbocycles. The van der Waals surface area contributed by atoms with E-state index in [1.54, 1.807) is 0 Å².